The van der Waals surface area contributed by atoms with Crippen LogP contribution in [0.25, 0.3) is 11.6 Å². The molecule has 1 atom stereocenters. The second-order valence-corrected chi connectivity index (χ2v) is 4.69. The first-order valence-corrected chi connectivity index (χ1v) is 6.51. The van der Waals surface area contributed by atoms with Crippen LogP contribution in [0.1, 0.15) is 18.5 Å². The van der Waals surface area contributed by atoms with Gasteiger partial charge >= 0.3 is 6.01 Å². The topological polar surface area (TPSA) is 55.9 Å². The zero-order valence-electron chi connectivity index (χ0n) is 11.4. The molecule has 102 valence electrons. The van der Waals surface area contributed by atoms with Gasteiger partial charge in [0.15, 0.2) is 0 Å². The zero-order chi connectivity index (χ0) is 13.9. The Morgan fingerprint density at radius 1 is 1.10 bits per heavy atom. The highest BCUT2D eigenvalue weighted by atomic mass is 16.4. The quantitative estimate of drug-likeness (QED) is 0.789. The molecule has 0 aliphatic heterocycles. The van der Waals surface area contributed by atoms with Crippen LogP contribution in [0.4, 0.5) is 6.01 Å². The summed E-state index contributed by atoms with van der Waals surface area (Å²) in [7, 11) is 1.94. The molecule has 0 amide bonds. The summed E-state index contributed by atoms with van der Waals surface area (Å²) >= 11 is 0. The summed E-state index contributed by atoms with van der Waals surface area (Å²) in [5.41, 5.74) is 2.07. The fraction of sp³-hybridized carbons (Fsp3) is 0.200. The van der Waals surface area contributed by atoms with E-state index in [1.165, 1.54) is 5.56 Å². The first-order chi connectivity index (χ1) is 9.74. The van der Waals surface area contributed by atoms with Crippen molar-refractivity contribution >= 4 is 6.01 Å². The molecule has 20 heavy (non-hydrogen) atoms. The first-order valence-electron chi connectivity index (χ1n) is 6.51. The van der Waals surface area contributed by atoms with E-state index in [1.54, 1.807) is 0 Å². The van der Waals surface area contributed by atoms with Crippen LogP contribution in [0.3, 0.4) is 0 Å². The Morgan fingerprint density at radius 2 is 1.90 bits per heavy atom. The number of nitrogens with one attached hydrogen (secondary N) is 1. The average molecular weight is 268 g/mol. The molecule has 1 aromatic carbocycles. The highest BCUT2D eigenvalue weighted by Crippen LogP contribution is 2.22. The molecule has 0 aliphatic carbocycles. The van der Waals surface area contributed by atoms with E-state index in [0.717, 1.165) is 5.69 Å². The number of nitrogens with zero attached hydrogens (tertiary/aromatic N) is 3. The lowest BCUT2D eigenvalue weighted by atomic mass is 10.1. The molecular formula is C15H16N4O. The van der Waals surface area contributed by atoms with Gasteiger partial charge in [0.1, 0.15) is 5.69 Å². The van der Waals surface area contributed by atoms with Gasteiger partial charge in [0, 0.05) is 13.2 Å². The average Bonchev–Trinajstić information content (AvgIpc) is 3.08. The van der Waals surface area contributed by atoms with Crippen molar-refractivity contribution in [2.45, 2.75) is 13.0 Å². The number of hydrogen-bond donors (Lipinski definition) is 1. The van der Waals surface area contributed by atoms with Gasteiger partial charge in [-0.3, -0.25) is 0 Å². The highest BCUT2D eigenvalue weighted by molar-refractivity contribution is 5.48. The fourth-order valence-corrected chi connectivity index (χ4v) is 2.08. The maximum Gasteiger partial charge on any atom is 0.316 e. The lowest BCUT2D eigenvalue weighted by Crippen LogP contribution is -2.06. The van der Waals surface area contributed by atoms with E-state index in [9.17, 15) is 0 Å². The molecule has 0 fully saturated rings. The third kappa shape index (κ3) is 2.42. The van der Waals surface area contributed by atoms with Crippen molar-refractivity contribution in [1.82, 2.24) is 14.8 Å². The van der Waals surface area contributed by atoms with Gasteiger partial charge < -0.3 is 14.3 Å². The molecule has 2 heterocycles. The lowest BCUT2D eigenvalue weighted by Gasteiger charge is -2.11. The van der Waals surface area contributed by atoms with Crippen molar-refractivity contribution in [1.29, 1.82) is 0 Å². The van der Waals surface area contributed by atoms with Gasteiger partial charge in [0.25, 0.3) is 5.89 Å². The van der Waals surface area contributed by atoms with Crippen LogP contribution in [-0.2, 0) is 7.05 Å². The molecule has 0 spiro atoms. The molecule has 5 nitrogen and oxygen atoms in total. The number of rotatable bonds is 4. The minimum absolute atomic E-state index is 0.109. The molecule has 3 rings (SSSR count). The van der Waals surface area contributed by atoms with E-state index >= 15 is 0 Å². The van der Waals surface area contributed by atoms with Crippen LogP contribution in [-0.4, -0.2) is 14.8 Å². The lowest BCUT2D eigenvalue weighted by molar-refractivity contribution is 0.568. The van der Waals surface area contributed by atoms with Gasteiger partial charge in [-0.05, 0) is 24.6 Å². The smallest absolute Gasteiger partial charge is 0.316 e. The van der Waals surface area contributed by atoms with Crippen molar-refractivity contribution in [3.8, 4) is 11.6 Å². The molecule has 0 radical (unpaired) electrons. The molecule has 1 N–H and O–H groups in total. The van der Waals surface area contributed by atoms with Crippen LogP contribution >= 0.6 is 0 Å². The molecule has 0 bridgehead atoms. The Labute approximate surface area is 117 Å². The summed E-state index contributed by atoms with van der Waals surface area (Å²) in [4.78, 5) is 0. The second-order valence-electron chi connectivity index (χ2n) is 4.69. The fourth-order valence-electron chi connectivity index (χ4n) is 2.08. The SMILES string of the molecule is CC(Nc1nnc(-c2cccn2C)o1)c1ccccc1. The summed E-state index contributed by atoms with van der Waals surface area (Å²) in [5.74, 6) is 0.514. The Hall–Kier alpha value is -2.56. The summed E-state index contributed by atoms with van der Waals surface area (Å²) in [6.07, 6.45) is 1.94. The van der Waals surface area contributed by atoms with Crippen molar-refractivity contribution in [3.05, 3.63) is 54.2 Å². The van der Waals surface area contributed by atoms with E-state index < -0.39 is 0 Å². The van der Waals surface area contributed by atoms with Crippen LogP contribution in [0.5, 0.6) is 0 Å². The van der Waals surface area contributed by atoms with Gasteiger partial charge in [-0.15, -0.1) is 5.10 Å². The van der Waals surface area contributed by atoms with Gasteiger partial charge in [-0.25, -0.2) is 0 Å². The van der Waals surface area contributed by atoms with Crippen molar-refractivity contribution in [2.24, 2.45) is 7.05 Å². The molecule has 0 saturated heterocycles. The van der Waals surface area contributed by atoms with E-state index in [-0.39, 0.29) is 6.04 Å². The molecule has 0 saturated carbocycles. The Bertz CT molecular complexity index is 687. The van der Waals surface area contributed by atoms with E-state index in [0.29, 0.717) is 11.9 Å². The van der Waals surface area contributed by atoms with Crippen LogP contribution < -0.4 is 5.32 Å². The Kier molecular flexibility index (Phi) is 3.25. The van der Waals surface area contributed by atoms with E-state index in [2.05, 4.69) is 34.6 Å². The normalized spacial score (nSPS) is 12.3. The number of aryl methyl sites for hydroxylation is 1. The zero-order valence-corrected chi connectivity index (χ0v) is 11.4. The molecular weight excluding hydrogens is 252 g/mol. The maximum atomic E-state index is 5.65. The standard InChI is InChI=1S/C15H16N4O/c1-11(12-7-4-3-5-8-12)16-15-18-17-14(20-15)13-9-6-10-19(13)2/h3-11H,1-2H3,(H,16,18). The summed E-state index contributed by atoms with van der Waals surface area (Å²) in [6.45, 7) is 2.06. The number of hydrogen-bond acceptors (Lipinski definition) is 4. The van der Waals surface area contributed by atoms with Crippen molar-refractivity contribution in [2.75, 3.05) is 5.32 Å². The molecule has 3 aromatic rings. The molecule has 5 heteroatoms. The predicted molar refractivity (Wildman–Crippen MR) is 77.2 cm³/mol. The molecule has 0 aliphatic rings. The largest absolute Gasteiger partial charge is 0.402 e. The summed E-state index contributed by atoms with van der Waals surface area (Å²) in [6, 6.07) is 14.6. The van der Waals surface area contributed by atoms with Crippen LogP contribution in [0.15, 0.2) is 53.1 Å². The molecule has 1 unspecified atom stereocenters. The minimum atomic E-state index is 0.109. The van der Waals surface area contributed by atoms with E-state index in [4.69, 9.17) is 4.42 Å². The number of anilines is 1. The minimum Gasteiger partial charge on any atom is -0.402 e. The number of benzene rings is 1. The summed E-state index contributed by atoms with van der Waals surface area (Å²) < 4.78 is 7.59. The van der Waals surface area contributed by atoms with Crippen LogP contribution in [0.2, 0.25) is 0 Å². The Balaban J connectivity index is 1.77. The van der Waals surface area contributed by atoms with Gasteiger partial charge in [0.05, 0.1) is 6.04 Å². The van der Waals surface area contributed by atoms with Crippen molar-refractivity contribution < 1.29 is 4.42 Å². The second kappa shape index (κ2) is 5.21. The van der Waals surface area contributed by atoms with Crippen molar-refractivity contribution in [3.63, 3.8) is 0 Å². The third-order valence-electron chi connectivity index (χ3n) is 3.23. The highest BCUT2D eigenvalue weighted by Gasteiger charge is 2.13. The predicted octanol–water partition coefficient (Wildman–Crippen LogP) is 3.25. The molecule has 2 aromatic heterocycles. The number of aromatic nitrogens is 3. The van der Waals surface area contributed by atoms with Crippen LogP contribution in [0, 0.1) is 0 Å². The van der Waals surface area contributed by atoms with Gasteiger partial charge in [0.2, 0.25) is 0 Å². The van der Waals surface area contributed by atoms with Gasteiger partial charge in [-0.2, -0.15) is 0 Å². The monoisotopic (exact) mass is 268 g/mol. The summed E-state index contributed by atoms with van der Waals surface area (Å²) in [5, 5.41) is 11.3. The Morgan fingerprint density at radius 3 is 2.60 bits per heavy atom. The third-order valence-corrected chi connectivity index (χ3v) is 3.23. The maximum absolute atomic E-state index is 5.65. The van der Waals surface area contributed by atoms with Gasteiger partial charge in [-0.1, -0.05) is 35.4 Å². The first kappa shape index (κ1) is 12.5. The van der Waals surface area contributed by atoms with E-state index in [1.807, 2.05) is 48.1 Å².